The van der Waals surface area contributed by atoms with Crippen molar-refractivity contribution < 1.29 is 23.8 Å². The van der Waals surface area contributed by atoms with Crippen molar-refractivity contribution in [1.82, 2.24) is 0 Å². The number of methoxy groups -OCH3 is 1. The van der Waals surface area contributed by atoms with Crippen molar-refractivity contribution in [3.63, 3.8) is 0 Å². The molecule has 0 radical (unpaired) electrons. The lowest BCUT2D eigenvalue weighted by molar-refractivity contribution is -0.138. The zero-order chi connectivity index (χ0) is 25.9. The summed E-state index contributed by atoms with van der Waals surface area (Å²) >= 11 is 0. The van der Waals surface area contributed by atoms with Gasteiger partial charge in [-0.2, -0.15) is 0 Å². The third kappa shape index (κ3) is 7.53. The summed E-state index contributed by atoms with van der Waals surface area (Å²) in [5.74, 6) is 0.271. The summed E-state index contributed by atoms with van der Waals surface area (Å²) in [6, 6.07) is 17.4. The predicted molar refractivity (Wildman–Crippen MR) is 138 cm³/mol. The molecule has 36 heavy (non-hydrogen) atoms. The van der Waals surface area contributed by atoms with Crippen LogP contribution in [0.3, 0.4) is 0 Å². The van der Waals surface area contributed by atoms with Gasteiger partial charge in [0.2, 0.25) is 5.91 Å². The molecule has 5 N–H and O–H groups in total. The summed E-state index contributed by atoms with van der Waals surface area (Å²) in [7, 11) is 1.54. The van der Waals surface area contributed by atoms with E-state index in [9.17, 15) is 9.59 Å². The molecule has 0 fully saturated rings. The number of carbonyl (C=O) groups is 2. The van der Waals surface area contributed by atoms with E-state index in [0.717, 1.165) is 11.1 Å². The molecule has 3 rings (SSSR count). The fourth-order valence-corrected chi connectivity index (χ4v) is 3.38. The molecule has 3 aromatic rings. The van der Waals surface area contributed by atoms with E-state index in [1.807, 2.05) is 30.3 Å². The van der Waals surface area contributed by atoms with E-state index in [-0.39, 0.29) is 18.9 Å². The molecule has 1 amide bonds. The average molecular weight is 487 g/mol. The summed E-state index contributed by atoms with van der Waals surface area (Å²) in [6.07, 6.45) is 5.08. The van der Waals surface area contributed by atoms with Gasteiger partial charge in [-0.05, 0) is 60.0 Å². The molecule has 0 atom stereocenters. The van der Waals surface area contributed by atoms with Gasteiger partial charge in [-0.15, -0.1) is 5.26 Å². The standard InChI is InChI=1S/C27H26N4O5/c1-34-25-13-20(18-6-9-24(10-7-18)36-17-28)5-4-19(25)8-11-27(33)35-12-2-3-26(32)31-23-15-21(29)14-22(30)16-23/h4-11,13-16H,2-3,12,29-30H2,1H3,(H,31,32)/b11-8+. The van der Waals surface area contributed by atoms with Gasteiger partial charge in [-0.1, -0.05) is 24.3 Å². The Morgan fingerprint density at radius 2 is 1.69 bits per heavy atom. The number of nitrogens with two attached hydrogens (primary N) is 2. The highest BCUT2D eigenvalue weighted by Crippen LogP contribution is 2.29. The Morgan fingerprint density at radius 3 is 2.36 bits per heavy atom. The zero-order valence-corrected chi connectivity index (χ0v) is 19.7. The summed E-state index contributed by atoms with van der Waals surface area (Å²) in [4.78, 5) is 24.1. The van der Waals surface area contributed by atoms with Crippen LogP contribution in [0.4, 0.5) is 17.1 Å². The topological polar surface area (TPSA) is 150 Å². The van der Waals surface area contributed by atoms with Crippen molar-refractivity contribution in [2.75, 3.05) is 30.5 Å². The number of nitrogen functional groups attached to an aromatic ring is 2. The van der Waals surface area contributed by atoms with Gasteiger partial charge in [0.15, 0.2) is 0 Å². The van der Waals surface area contributed by atoms with Crippen LogP contribution in [0.1, 0.15) is 18.4 Å². The maximum absolute atomic E-state index is 12.1. The lowest BCUT2D eigenvalue weighted by Gasteiger charge is -2.09. The molecule has 0 heterocycles. The van der Waals surface area contributed by atoms with E-state index in [4.69, 9.17) is 30.9 Å². The molecule has 0 aliphatic heterocycles. The van der Waals surface area contributed by atoms with Crippen LogP contribution in [0.15, 0.2) is 66.7 Å². The first-order valence-electron chi connectivity index (χ1n) is 11.0. The Kier molecular flexibility index (Phi) is 8.89. The highest BCUT2D eigenvalue weighted by molar-refractivity contribution is 5.92. The van der Waals surface area contributed by atoms with E-state index in [1.54, 1.807) is 49.8 Å². The Bertz CT molecular complexity index is 1280. The minimum Gasteiger partial charge on any atom is -0.496 e. The summed E-state index contributed by atoms with van der Waals surface area (Å²) in [6.45, 7) is 0.0945. The van der Waals surface area contributed by atoms with Gasteiger partial charge < -0.3 is 31.0 Å². The molecular formula is C27H26N4O5. The molecule has 0 aliphatic carbocycles. The van der Waals surface area contributed by atoms with Crippen LogP contribution in [-0.2, 0) is 14.3 Å². The number of ether oxygens (including phenoxy) is 3. The number of benzene rings is 3. The van der Waals surface area contributed by atoms with E-state index < -0.39 is 5.97 Å². The molecule has 0 aliphatic rings. The van der Waals surface area contributed by atoms with E-state index in [0.29, 0.717) is 40.5 Å². The second-order valence-corrected chi connectivity index (χ2v) is 7.72. The first-order valence-corrected chi connectivity index (χ1v) is 11.0. The van der Waals surface area contributed by atoms with Gasteiger partial charge in [-0.25, -0.2) is 4.79 Å². The zero-order valence-electron chi connectivity index (χ0n) is 19.7. The first kappa shape index (κ1) is 25.6. The van der Waals surface area contributed by atoms with Gasteiger partial charge in [0.25, 0.3) is 6.26 Å². The fraction of sp³-hybridized carbons (Fsp3) is 0.148. The molecule has 0 saturated heterocycles. The second-order valence-electron chi connectivity index (χ2n) is 7.72. The lowest BCUT2D eigenvalue weighted by Crippen LogP contribution is -2.13. The van der Waals surface area contributed by atoms with Gasteiger partial charge >= 0.3 is 5.97 Å². The number of hydrogen-bond acceptors (Lipinski definition) is 8. The highest BCUT2D eigenvalue weighted by atomic mass is 16.5. The number of nitrogens with zero attached hydrogens (tertiary/aromatic N) is 1. The van der Waals surface area contributed by atoms with Crippen molar-refractivity contribution in [3.05, 3.63) is 72.3 Å². The largest absolute Gasteiger partial charge is 0.496 e. The minimum atomic E-state index is -0.529. The second kappa shape index (κ2) is 12.5. The Hall–Kier alpha value is -4.97. The number of nitrogens with one attached hydrogen (secondary N) is 1. The SMILES string of the molecule is COc1cc(-c2ccc(OC#N)cc2)ccc1/C=C/C(=O)OCCCC(=O)Nc1cc(N)cc(N)c1. The van der Waals surface area contributed by atoms with E-state index in [1.165, 1.54) is 6.08 Å². The third-order valence-electron chi connectivity index (χ3n) is 5.04. The molecule has 0 spiro atoms. The van der Waals surface area contributed by atoms with Gasteiger partial charge in [0.1, 0.15) is 11.5 Å². The van der Waals surface area contributed by atoms with Crippen LogP contribution in [0, 0.1) is 11.5 Å². The Balaban J connectivity index is 1.49. The highest BCUT2D eigenvalue weighted by Gasteiger charge is 2.07. The van der Waals surface area contributed by atoms with Crippen LogP contribution >= 0.6 is 0 Å². The molecule has 9 heteroatoms. The van der Waals surface area contributed by atoms with Gasteiger partial charge in [0, 0.05) is 35.1 Å². The van der Waals surface area contributed by atoms with Crippen LogP contribution in [0.2, 0.25) is 0 Å². The van der Waals surface area contributed by atoms with Crippen molar-refractivity contribution in [2.24, 2.45) is 0 Å². The fourth-order valence-electron chi connectivity index (χ4n) is 3.38. The molecule has 0 bridgehead atoms. The van der Waals surface area contributed by atoms with E-state index >= 15 is 0 Å². The summed E-state index contributed by atoms with van der Waals surface area (Å²) < 4.78 is 15.4. The summed E-state index contributed by atoms with van der Waals surface area (Å²) in [5, 5.41) is 11.3. The van der Waals surface area contributed by atoms with Gasteiger partial charge in [-0.3, -0.25) is 4.79 Å². The maximum atomic E-state index is 12.1. The molecule has 184 valence electrons. The monoisotopic (exact) mass is 486 g/mol. The number of esters is 1. The smallest absolute Gasteiger partial charge is 0.330 e. The van der Waals surface area contributed by atoms with Crippen molar-refractivity contribution in [1.29, 1.82) is 5.26 Å². The number of amides is 1. The Morgan fingerprint density at radius 1 is 1.00 bits per heavy atom. The van der Waals surface area contributed by atoms with Crippen LogP contribution in [0.25, 0.3) is 17.2 Å². The van der Waals surface area contributed by atoms with Crippen molar-refractivity contribution in [2.45, 2.75) is 12.8 Å². The number of rotatable bonds is 10. The molecule has 0 aromatic heterocycles. The molecule has 0 saturated carbocycles. The number of anilines is 3. The van der Waals surface area contributed by atoms with Crippen LogP contribution in [0.5, 0.6) is 11.5 Å². The van der Waals surface area contributed by atoms with Crippen LogP contribution < -0.4 is 26.3 Å². The van der Waals surface area contributed by atoms with Crippen LogP contribution in [-0.4, -0.2) is 25.6 Å². The number of nitriles is 1. The maximum Gasteiger partial charge on any atom is 0.330 e. The third-order valence-corrected chi connectivity index (χ3v) is 5.04. The van der Waals surface area contributed by atoms with Crippen molar-refractivity contribution in [3.8, 4) is 28.9 Å². The molecule has 0 unspecified atom stereocenters. The molecular weight excluding hydrogens is 460 g/mol. The van der Waals surface area contributed by atoms with E-state index in [2.05, 4.69) is 5.32 Å². The molecule has 9 nitrogen and oxygen atoms in total. The minimum absolute atomic E-state index is 0.0945. The normalized spacial score (nSPS) is 10.4. The van der Waals surface area contributed by atoms with Gasteiger partial charge in [0.05, 0.1) is 13.7 Å². The average Bonchev–Trinajstić information content (AvgIpc) is 2.85. The molecule has 3 aromatic carbocycles. The predicted octanol–water partition coefficient (Wildman–Crippen LogP) is 4.36. The lowest BCUT2D eigenvalue weighted by atomic mass is 10.0. The quantitative estimate of drug-likeness (QED) is 0.126. The van der Waals surface area contributed by atoms with Crippen molar-refractivity contribution >= 4 is 35.0 Å². The summed E-state index contributed by atoms with van der Waals surface area (Å²) in [5.41, 5.74) is 15.4. The number of hydrogen-bond donors (Lipinski definition) is 3. The Labute approximate surface area is 208 Å². The first-order chi connectivity index (χ1) is 17.4. The number of carbonyl (C=O) groups excluding carboxylic acids is 2.